The van der Waals surface area contributed by atoms with Gasteiger partial charge >= 0.3 is 0 Å². The largest absolute Gasteiger partial charge is 0.453 e. The lowest BCUT2D eigenvalue weighted by Crippen LogP contribution is -2.28. The number of hydrogen-bond donors (Lipinski definition) is 1. The van der Waals surface area contributed by atoms with Crippen LogP contribution < -0.4 is 10.1 Å². The van der Waals surface area contributed by atoms with E-state index in [0.717, 1.165) is 32.8 Å². The molecule has 2 aliphatic rings. The molecular formula is C36H31FN2O3S. The first-order chi connectivity index (χ1) is 21.0. The minimum Gasteiger partial charge on any atom is -0.453 e. The summed E-state index contributed by atoms with van der Waals surface area (Å²) in [7, 11) is 0. The van der Waals surface area contributed by atoms with E-state index < -0.39 is 11.2 Å². The molecule has 7 rings (SSSR count). The molecule has 7 heteroatoms. The average molecular weight is 591 g/mol. The van der Waals surface area contributed by atoms with Gasteiger partial charge in [0, 0.05) is 42.6 Å². The van der Waals surface area contributed by atoms with Gasteiger partial charge < -0.3 is 10.1 Å². The number of carbonyl (C=O) groups excluding carboxylic acids is 2. The third-order valence-corrected chi connectivity index (χ3v) is 9.58. The van der Waals surface area contributed by atoms with Crippen molar-refractivity contribution in [3.63, 3.8) is 0 Å². The Kier molecular flexibility index (Phi) is 7.37. The van der Waals surface area contributed by atoms with E-state index >= 15 is 4.39 Å². The molecule has 0 amide bonds. The number of carbonyl (C=O) groups is 2. The van der Waals surface area contributed by atoms with Crippen LogP contribution in [0, 0.1) is 11.2 Å². The summed E-state index contributed by atoms with van der Waals surface area (Å²) in [5, 5.41) is 3.54. The predicted octanol–water partition coefficient (Wildman–Crippen LogP) is 7.85. The van der Waals surface area contributed by atoms with Gasteiger partial charge in [-0.3, -0.25) is 14.6 Å². The van der Waals surface area contributed by atoms with Crippen LogP contribution in [-0.2, 0) is 29.0 Å². The predicted molar refractivity (Wildman–Crippen MR) is 167 cm³/mol. The molecule has 2 saturated carbocycles. The van der Waals surface area contributed by atoms with E-state index in [1.54, 1.807) is 35.7 Å². The van der Waals surface area contributed by atoms with Crippen molar-refractivity contribution in [2.24, 2.45) is 5.41 Å². The highest BCUT2D eigenvalue weighted by Crippen LogP contribution is 2.49. The van der Waals surface area contributed by atoms with Crippen molar-refractivity contribution in [3.05, 3.63) is 114 Å². The van der Waals surface area contributed by atoms with Gasteiger partial charge in [0.1, 0.15) is 5.75 Å². The lowest BCUT2D eigenvalue weighted by Gasteiger charge is -2.14. The summed E-state index contributed by atoms with van der Waals surface area (Å²) in [6, 6.07) is 27.0. The molecule has 0 spiro atoms. The summed E-state index contributed by atoms with van der Waals surface area (Å²) >= 11 is 1.56. The first-order valence-corrected chi connectivity index (χ1v) is 15.6. The normalized spacial score (nSPS) is 15.4. The Bertz CT molecular complexity index is 1810. The van der Waals surface area contributed by atoms with Gasteiger partial charge in [-0.2, -0.15) is 0 Å². The van der Waals surface area contributed by atoms with Crippen LogP contribution in [0.4, 0.5) is 4.39 Å². The summed E-state index contributed by atoms with van der Waals surface area (Å²) in [6.07, 6.45) is 5.57. The number of nitrogens with one attached hydrogen (secondary N) is 1. The van der Waals surface area contributed by atoms with Crippen LogP contribution in [0.5, 0.6) is 11.5 Å². The zero-order chi connectivity index (χ0) is 29.4. The number of halogens is 1. The molecule has 0 atom stereocenters. The fraction of sp³-hybridized carbons (Fsp3) is 0.250. The van der Waals surface area contributed by atoms with E-state index in [1.807, 2.05) is 36.4 Å². The SMILES string of the molecule is O=C(Cc1ccccc1)C1(C(=O)Cc2ccc(Oc3ccnc4cc(-c5ccc(CNC6CC6)cc5)sc34)c(F)c2)CC1. The van der Waals surface area contributed by atoms with Crippen LogP contribution in [0.3, 0.4) is 0 Å². The molecule has 0 saturated heterocycles. The van der Waals surface area contributed by atoms with E-state index in [0.29, 0.717) is 30.2 Å². The van der Waals surface area contributed by atoms with E-state index in [1.165, 1.54) is 24.5 Å². The van der Waals surface area contributed by atoms with E-state index in [2.05, 4.69) is 34.6 Å². The lowest BCUT2D eigenvalue weighted by molar-refractivity contribution is -0.133. The van der Waals surface area contributed by atoms with Gasteiger partial charge in [0.2, 0.25) is 0 Å². The fourth-order valence-electron chi connectivity index (χ4n) is 5.47. The number of nitrogens with zero attached hydrogens (tertiary/aromatic N) is 1. The van der Waals surface area contributed by atoms with Crippen molar-refractivity contribution < 1.29 is 18.7 Å². The molecule has 43 heavy (non-hydrogen) atoms. The van der Waals surface area contributed by atoms with Crippen LogP contribution in [0.1, 0.15) is 42.4 Å². The highest BCUT2D eigenvalue weighted by atomic mass is 32.1. The number of hydrogen-bond acceptors (Lipinski definition) is 6. The monoisotopic (exact) mass is 590 g/mol. The first-order valence-electron chi connectivity index (χ1n) is 14.7. The molecule has 5 nitrogen and oxygen atoms in total. The lowest BCUT2D eigenvalue weighted by atomic mass is 9.88. The van der Waals surface area contributed by atoms with Gasteiger partial charge in [0.15, 0.2) is 23.1 Å². The number of thiophene rings is 1. The van der Waals surface area contributed by atoms with Gasteiger partial charge in [-0.1, -0.05) is 60.7 Å². The van der Waals surface area contributed by atoms with Gasteiger partial charge in [-0.05, 0) is 66.1 Å². The van der Waals surface area contributed by atoms with Gasteiger partial charge in [-0.15, -0.1) is 11.3 Å². The fourth-order valence-corrected chi connectivity index (χ4v) is 6.54. The maximum atomic E-state index is 15.2. The Morgan fingerprint density at radius 2 is 1.58 bits per heavy atom. The Hall–Kier alpha value is -4.20. The number of benzene rings is 3. The maximum Gasteiger partial charge on any atom is 0.166 e. The molecule has 2 fully saturated rings. The average Bonchev–Trinajstić information content (AvgIpc) is 3.95. The summed E-state index contributed by atoms with van der Waals surface area (Å²) in [5.74, 6) is -0.147. The molecule has 0 aliphatic heterocycles. The van der Waals surface area contributed by atoms with Crippen molar-refractivity contribution in [2.75, 3.05) is 0 Å². The minimum absolute atomic E-state index is 0.0148. The van der Waals surface area contributed by atoms with Crippen LogP contribution in [0.2, 0.25) is 0 Å². The van der Waals surface area contributed by atoms with Crippen LogP contribution in [-0.4, -0.2) is 22.6 Å². The Morgan fingerprint density at radius 1 is 0.860 bits per heavy atom. The van der Waals surface area contributed by atoms with Crippen LogP contribution >= 0.6 is 11.3 Å². The Morgan fingerprint density at radius 3 is 2.28 bits per heavy atom. The quantitative estimate of drug-likeness (QED) is 0.150. The minimum atomic E-state index is -0.936. The second kappa shape index (κ2) is 11.5. The number of rotatable bonds is 12. The van der Waals surface area contributed by atoms with Crippen molar-refractivity contribution in [1.29, 1.82) is 0 Å². The Balaban J connectivity index is 1.03. The van der Waals surface area contributed by atoms with Crippen molar-refractivity contribution in [1.82, 2.24) is 10.3 Å². The highest BCUT2D eigenvalue weighted by molar-refractivity contribution is 7.22. The van der Waals surface area contributed by atoms with E-state index in [4.69, 9.17) is 4.74 Å². The topological polar surface area (TPSA) is 68.3 Å². The number of aromatic nitrogens is 1. The molecule has 0 radical (unpaired) electrons. The number of ether oxygens (including phenoxy) is 1. The molecule has 0 unspecified atom stereocenters. The Labute approximate surface area is 253 Å². The molecule has 2 aromatic heterocycles. The third kappa shape index (κ3) is 6.01. The smallest absolute Gasteiger partial charge is 0.166 e. The summed E-state index contributed by atoms with van der Waals surface area (Å²) < 4.78 is 22.1. The summed E-state index contributed by atoms with van der Waals surface area (Å²) in [6.45, 7) is 0.878. The number of pyridine rings is 1. The molecular weight excluding hydrogens is 559 g/mol. The highest BCUT2D eigenvalue weighted by Gasteiger charge is 2.54. The van der Waals surface area contributed by atoms with Gasteiger partial charge in [0.25, 0.3) is 0 Å². The molecule has 3 aromatic carbocycles. The zero-order valence-electron chi connectivity index (χ0n) is 23.6. The molecule has 2 aliphatic carbocycles. The van der Waals surface area contributed by atoms with Crippen molar-refractivity contribution >= 4 is 33.1 Å². The molecule has 1 N–H and O–H groups in total. The molecule has 216 valence electrons. The molecule has 5 aromatic rings. The summed E-state index contributed by atoms with van der Waals surface area (Å²) in [4.78, 5) is 31.7. The molecule has 2 heterocycles. The first kappa shape index (κ1) is 27.6. The second-order valence-corrected chi connectivity index (χ2v) is 12.7. The van der Waals surface area contributed by atoms with Gasteiger partial charge in [0.05, 0.1) is 15.6 Å². The standard InChI is InChI=1S/C36H31FN2O3S/c37-28-18-25(20-34(41)36(15-16-36)33(40)19-23-4-2-1-3-5-23)8-13-30(28)42-31-14-17-38-29-21-32(43-35(29)31)26-9-6-24(7-10-26)22-39-27-11-12-27/h1-10,13-14,17-18,21,27,39H,11-12,15-16,19-20,22H2. The van der Waals surface area contributed by atoms with Crippen LogP contribution in [0.25, 0.3) is 20.7 Å². The van der Waals surface area contributed by atoms with Crippen LogP contribution in [0.15, 0.2) is 91.1 Å². The molecule has 0 bridgehead atoms. The summed E-state index contributed by atoms with van der Waals surface area (Å²) in [5.41, 5.74) is 3.63. The number of ketones is 2. The van der Waals surface area contributed by atoms with E-state index in [9.17, 15) is 9.59 Å². The van der Waals surface area contributed by atoms with Crippen molar-refractivity contribution in [2.45, 2.75) is 51.1 Å². The maximum absolute atomic E-state index is 15.2. The second-order valence-electron chi connectivity index (χ2n) is 11.6. The number of fused-ring (bicyclic) bond motifs is 1. The van der Waals surface area contributed by atoms with Crippen molar-refractivity contribution in [3.8, 4) is 21.9 Å². The third-order valence-electron chi connectivity index (χ3n) is 8.39. The van der Waals surface area contributed by atoms with Gasteiger partial charge in [-0.25, -0.2) is 4.39 Å². The zero-order valence-corrected chi connectivity index (χ0v) is 24.5. The van der Waals surface area contributed by atoms with E-state index in [-0.39, 0.29) is 30.2 Å². The number of Topliss-reactive ketones (excluding diaryl/α,β-unsaturated/α-hetero) is 2.